The lowest BCUT2D eigenvalue weighted by atomic mass is 10.2. The Bertz CT molecular complexity index is 502. The second-order valence-electron chi connectivity index (χ2n) is 5.33. The molecule has 6 nitrogen and oxygen atoms in total. The average Bonchev–Trinajstić information content (AvgIpc) is 2.63. The standard InChI is InChI=1S/C18H32N4O2/c1-6-19-18(20-11-12-22(7-2)8-3)21-14-15-9-10-16(23-4)13-17(15)24-5/h9-10,13H,6-8,11-12,14H2,1-5H3,(H2,19,20,21). The number of nitrogens with zero attached hydrogens (tertiary/aromatic N) is 2. The lowest BCUT2D eigenvalue weighted by molar-refractivity contribution is 0.308. The molecule has 0 unspecified atom stereocenters. The highest BCUT2D eigenvalue weighted by atomic mass is 16.5. The van der Waals surface area contributed by atoms with Crippen LogP contribution in [0.1, 0.15) is 26.3 Å². The first-order valence-corrected chi connectivity index (χ1v) is 8.63. The van der Waals surface area contributed by atoms with Gasteiger partial charge >= 0.3 is 0 Å². The molecule has 0 amide bonds. The molecule has 0 aliphatic carbocycles. The van der Waals surface area contributed by atoms with Crippen LogP contribution in [-0.2, 0) is 6.54 Å². The van der Waals surface area contributed by atoms with Crippen LogP contribution < -0.4 is 20.1 Å². The predicted octanol–water partition coefficient (Wildman–Crippen LogP) is 2.10. The molecule has 0 heterocycles. The van der Waals surface area contributed by atoms with E-state index >= 15 is 0 Å². The molecule has 0 spiro atoms. The molecule has 0 aliphatic rings. The van der Waals surface area contributed by atoms with E-state index in [1.807, 2.05) is 18.2 Å². The van der Waals surface area contributed by atoms with Gasteiger partial charge in [-0.15, -0.1) is 0 Å². The van der Waals surface area contributed by atoms with Gasteiger partial charge in [0.05, 0.1) is 20.8 Å². The van der Waals surface area contributed by atoms with Crippen molar-refractivity contribution >= 4 is 5.96 Å². The number of hydrogen-bond donors (Lipinski definition) is 2. The van der Waals surface area contributed by atoms with E-state index in [1.165, 1.54) is 0 Å². The summed E-state index contributed by atoms with van der Waals surface area (Å²) in [6.45, 7) is 11.8. The van der Waals surface area contributed by atoms with Crippen molar-refractivity contribution in [2.24, 2.45) is 4.99 Å². The smallest absolute Gasteiger partial charge is 0.191 e. The fraction of sp³-hybridized carbons (Fsp3) is 0.611. The highest BCUT2D eigenvalue weighted by Gasteiger charge is 2.06. The molecule has 0 atom stereocenters. The minimum atomic E-state index is 0.549. The third-order valence-electron chi connectivity index (χ3n) is 3.86. The molecule has 1 aromatic rings. The van der Waals surface area contributed by atoms with Crippen LogP contribution in [0.3, 0.4) is 0 Å². The Labute approximate surface area is 146 Å². The monoisotopic (exact) mass is 336 g/mol. The molecule has 1 rings (SSSR count). The first-order valence-electron chi connectivity index (χ1n) is 8.63. The van der Waals surface area contributed by atoms with Gasteiger partial charge in [0.2, 0.25) is 0 Å². The van der Waals surface area contributed by atoms with Crippen LogP contribution in [0.4, 0.5) is 0 Å². The molecule has 0 saturated carbocycles. The van der Waals surface area contributed by atoms with Crippen LogP contribution in [0, 0.1) is 0 Å². The second kappa shape index (κ2) is 11.6. The van der Waals surface area contributed by atoms with Crippen LogP contribution in [0.15, 0.2) is 23.2 Å². The molecule has 136 valence electrons. The molecule has 0 saturated heterocycles. The van der Waals surface area contributed by atoms with Crippen molar-refractivity contribution in [1.82, 2.24) is 15.5 Å². The van der Waals surface area contributed by atoms with Crippen LogP contribution in [-0.4, -0.2) is 57.8 Å². The van der Waals surface area contributed by atoms with Gasteiger partial charge in [-0.1, -0.05) is 13.8 Å². The van der Waals surface area contributed by atoms with E-state index in [0.717, 1.165) is 55.7 Å². The molecular formula is C18H32N4O2. The van der Waals surface area contributed by atoms with Gasteiger partial charge in [-0.25, -0.2) is 4.99 Å². The summed E-state index contributed by atoms with van der Waals surface area (Å²) >= 11 is 0. The zero-order chi connectivity index (χ0) is 17.8. The Morgan fingerprint density at radius 1 is 1.08 bits per heavy atom. The molecule has 24 heavy (non-hydrogen) atoms. The van der Waals surface area contributed by atoms with E-state index in [4.69, 9.17) is 9.47 Å². The summed E-state index contributed by atoms with van der Waals surface area (Å²) in [7, 11) is 3.31. The van der Waals surface area contributed by atoms with Gasteiger partial charge in [-0.3, -0.25) is 0 Å². The van der Waals surface area contributed by atoms with Crippen molar-refractivity contribution in [3.8, 4) is 11.5 Å². The third kappa shape index (κ3) is 6.66. The zero-order valence-corrected chi connectivity index (χ0v) is 15.7. The van der Waals surface area contributed by atoms with Crippen molar-refractivity contribution in [2.75, 3.05) is 46.9 Å². The van der Waals surface area contributed by atoms with Crippen LogP contribution in [0.2, 0.25) is 0 Å². The van der Waals surface area contributed by atoms with Crippen molar-refractivity contribution in [3.63, 3.8) is 0 Å². The van der Waals surface area contributed by atoms with Crippen molar-refractivity contribution < 1.29 is 9.47 Å². The van der Waals surface area contributed by atoms with Gasteiger partial charge in [-0.05, 0) is 32.1 Å². The summed E-state index contributed by atoms with van der Waals surface area (Å²) in [5.74, 6) is 2.39. The Kier molecular flexibility index (Phi) is 9.68. The quantitative estimate of drug-likeness (QED) is 0.506. The molecular weight excluding hydrogens is 304 g/mol. The number of nitrogens with one attached hydrogen (secondary N) is 2. The minimum absolute atomic E-state index is 0.549. The van der Waals surface area contributed by atoms with Crippen LogP contribution in [0.25, 0.3) is 0 Å². The lowest BCUT2D eigenvalue weighted by Gasteiger charge is -2.19. The van der Waals surface area contributed by atoms with E-state index in [-0.39, 0.29) is 0 Å². The average molecular weight is 336 g/mol. The Hall–Kier alpha value is -1.95. The number of aliphatic imine (C=N–C) groups is 1. The molecule has 0 aliphatic heterocycles. The number of likely N-dealkylation sites (N-methyl/N-ethyl adjacent to an activating group) is 1. The highest BCUT2D eigenvalue weighted by molar-refractivity contribution is 5.79. The SMILES string of the molecule is CCNC(=NCc1ccc(OC)cc1OC)NCCN(CC)CC. The molecule has 0 bridgehead atoms. The molecule has 0 aromatic heterocycles. The number of hydrogen-bond acceptors (Lipinski definition) is 4. The zero-order valence-electron chi connectivity index (χ0n) is 15.7. The maximum Gasteiger partial charge on any atom is 0.191 e. The normalized spacial score (nSPS) is 11.5. The van der Waals surface area contributed by atoms with Crippen LogP contribution >= 0.6 is 0 Å². The summed E-state index contributed by atoms with van der Waals surface area (Å²) in [5.41, 5.74) is 1.03. The van der Waals surface area contributed by atoms with Gasteiger partial charge in [0.25, 0.3) is 0 Å². The maximum atomic E-state index is 5.43. The van der Waals surface area contributed by atoms with Gasteiger partial charge in [0.15, 0.2) is 5.96 Å². The lowest BCUT2D eigenvalue weighted by Crippen LogP contribution is -2.41. The van der Waals surface area contributed by atoms with Gasteiger partial charge in [0.1, 0.15) is 11.5 Å². The first kappa shape index (κ1) is 20.1. The fourth-order valence-corrected chi connectivity index (χ4v) is 2.36. The topological polar surface area (TPSA) is 58.1 Å². The summed E-state index contributed by atoms with van der Waals surface area (Å²) in [5, 5.41) is 6.66. The predicted molar refractivity (Wildman–Crippen MR) is 100 cm³/mol. The van der Waals surface area contributed by atoms with Gasteiger partial charge < -0.3 is 25.0 Å². The highest BCUT2D eigenvalue weighted by Crippen LogP contribution is 2.25. The number of ether oxygens (including phenoxy) is 2. The van der Waals surface area contributed by atoms with E-state index in [0.29, 0.717) is 6.54 Å². The Morgan fingerprint density at radius 3 is 2.42 bits per heavy atom. The molecule has 0 radical (unpaired) electrons. The molecule has 6 heteroatoms. The van der Waals surface area contributed by atoms with E-state index in [1.54, 1.807) is 14.2 Å². The van der Waals surface area contributed by atoms with Crippen LogP contribution in [0.5, 0.6) is 11.5 Å². The number of benzene rings is 1. The van der Waals surface area contributed by atoms with E-state index < -0.39 is 0 Å². The fourth-order valence-electron chi connectivity index (χ4n) is 2.36. The Balaban J connectivity index is 2.68. The summed E-state index contributed by atoms with van der Waals surface area (Å²) < 4.78 is 10.7. The first-order chi connectivity index (χ1) is 11.7. The summed E-state index contributed by atoms with van der Waals surface area (Å²) in [6, 6.07) is 5.79. The number of guanidine groups is 1. The maximum absolute atomic E-state index is 5.43. The Morgan fingerprint density at radius 2 is 1.83 bits per heavy atom. The summed E-state index contributed by atoms with van der Waals surface area (Å²) in [4.78, 5) is 7.03. The summed E-state index contributed by atoms with van der Waals surface area (Å²) in [6.07, 6.45) is 0. The third-order valence-corrected chi connectivity index (χ3v) is 3.86. The molecule has 1 aromatic carbocycles. The minimum Gasteiger partial charge on any atom is -0.497 e. The van der Waals surface area contributed by atoms with Gasteiger partial charge in [-0.2, -0.15) is 0 Å². The number of rotatable bonds is 10. The largest absolute Gasteiger partial charge is 0.497 e. The van der Waals surface area contributed by atoms with Crippen molar-refractivity contribution in [1.29, 1.82) is 0 Å². The van der Waals surface area contributed by atoms with Gasteiger partial charge in [0, 0.05) is 31.3 Å². The van der Waals surface area contributed by atoms with E-state index in [9.17, 15) is 0 Å². The molecule has 0 fully saturated rings. The van der Waals surface area contributed by atoms with Crippen molar-refractivity contribution in [3.05, 3.63) is 23.8 Å². The number of methoxy groups -OCH3 is 2. The van der Waals surface area contributed by atoms with Crippen molar-refractivity contribution in [2.45, 2.75) is 27.3 Å². The molecule has 2 N–H and O–H groups in total. The van der Waals surface area contributed by atoms with E-state index in [2.05, 4.69) is 41.3 Å². The second-order valence-corrected chi connectivity index (χ2v) is 5.33.